The molecule has 0 saturated heterocycles. The molecule has 23 heavy (non-hydrogen) atoms. The van der Waals surface area contributed by atoms with Crippen LogP contribution in [-0.2, 0) is 16.1 Å². The lowest BCUT2D eigenvalue weighted by molar-refractivity contribution is -0.139. The number of hydrogen-bond donors (Lipinski definition) is 0. The Kier molecular flexibility index (Phi) is 5.48. The number of benzene rings is 1. The Labute approximate surface area is 134 Å². The first-order chi connectivity index (χ1) is 11.1. The number of methoxy groups -OCH3 is 1. The SMILES string of the molecule is COc1ccnc(COC(=O)/C(C#N)=C\c2ccc(C)cc2)c1. The van der Waals surface area contributed by atoms with Gasteiger partial charge >= 0.3 is 5.97 Å². The van der Waals surface area contributed by atoms with Crippen LogP contribution >= 0.6 is 0 Å². The van der Waals surface area contributed by atoms with E-state index in [0.29, 0.717) is 11.4 Å². The first-order valence-electron chi connectivity index (χ1n) is 6.97. The van der Waals surface area contributed by atoms with Crippen molar-refractivity contribution in [2.45, 2.75) is 13.5 Å². The lowest BCUT2D eigenvalue weighted by atomic mass is 10.1. The van der Waals surface area contributed by atoms with Gasteiger partial charge in [0.2, 0.25) is 0 Å². The summed E-state index contributed by atoms with van der Waals surface area (Å²) in [6, 6.07) is 12.7. The van der Waals surface area contributed by atoms with Crippen molar-refractivity contribution in [1.29, 1.82) is 5.26 Å². The van der Waals surface area contributed by atoms with E-state index in [1.165, 1.54) is 6.08 Å². The summed E-state index contributed by atoms with van der Waals surface area (Å²) in [5.41, 5.74) is 2.36. The van der Waals surface area contributed by atoms with Crippen LogP contribution in [0.4, 0.5) is 0 Å². The van der Waals surface area contributed by atoms with Gasteiger partial charge in [-0.3, -0.25) is 4.98 Å². The highest BCUT2D eigenvalue weighted by atomic mass is 16.5. The summed E-state index contributed by atoms with van der Waals surface area (Å²) in [7, 11) is 1.54. The molecule has 0 saturated carbocycles. The fourth-order valence-corrected chi connectivity index (χ4v) is 1.85. The summed E-state index contributed by atoms with van der Waals surface area (Å²) in [6.07, 6.45) is 3.07. The van der Waals surface area contributed by atoms with Crippen LogP contribution in [-0.4, -0.2) is 18.1 Å². The lowest BCUT2D eigenvalue weighted by Gasteiger charge is -2.05. The Bertz CT molecular complexity index is 759. The van der Waals surface area contributed by atoms with E-state index in [1.807, 2.05) is 37.3 Å². The average molecular weight is 308 g/mol. The molecule has 5 heteroatoms. The molecule has 2 rings (SSSR count). The van der Waals surface area contributed by atoms with Crippen LogP contribution in [0.1, 0.15) is 16.8 Å². The number of ether oxygens (including phenoxy) is 2. The second-order valence-corrected chi connectivity index (χ2v) is 4.84. The van der Waals surface area contributed by atoms with Crippen LogP contribution in [0.3, 0.4) is 0 Å². The van der Waals surface area contributed by atoms with Crippen molar-refractivity contribution in [2.24, 2.45) is 0 Å². The molecule has 0 aliphatic heterocycles. The van der Waals surface area contributed by atoms with E-state index < -0.39 is 5.97 Å². The third kappa shape index (κ3) is 4.68. The van der Waals surface area contributed by atoms with Crippen LogP contribution < -0.4 is 4.74 Å². The molecule has 5 nitrogen and oxygen atoms in total. The number of rotatable bonds is 5. The van der Waals surface area contributed by atoms with Crippen molar-refractivity contribution in [3.63, 3.8) is 0 Å². The second kappa shape index (κ2) is 7.76. The molecule has 1 aromatic carbocycles. The van der Waals surface area contributed by atoms with E-state index in [0.717, 1.165) is 11.1 Å². The summed E-state index contributed by atoms with van der Waals surface area (Å²) in [5, 5.41) is 9.14. The molecule has 2 aromatic rings. The molecule has 0 radical (unpaired) electrons. The Hall–Kier alpha value is -3.13. The molecule has 0 unspecified atom stereocenters. The number of nitrogens with zero attached hydrogens (tertiary/aromatic N) is 2. The van der Waals surface area contributed by atoms with Gasteiger partial charge in [-0.2, -0.15) is 5.26 Å². The quantitative estimate of drug-likeness (QED) is 0.482. The average Bonchev–Trinajstić information content (AvgIpc) is 2.59. The third-order valence-corrected chi connectivity index (χ3v) is 3.10. The zero-order chi connectivity index (χ0) is 16.7. The molecule has 0 aliphatic rings. The van der Waals surface area contributed by atoms with Crippen molar-refractivity contribution in [3.05, 3.63) is 65.0 Å². The predicted molar refractivity (Wildman–Crippen MR) is 85.4 cm³/mol. The van der Waals surface area contributed by atoms with Gasteiger partial charge in [-0.1, -0.05) is 29.8 Å². The highest BCUT2D eigenvalue weighted by Crippen LogP contribution is 2.13. The zero-order valence-corrected chi connectivity index (χ0v) is 12.9. The topological polar surface area (TPSA) is 72.2 Å². The number of pyridine rings is 1. The van der Waals surface area contributed by atoms with Crippen LogP contribution in [0.2, 0.25) is 0 Å². The molecule has 0 bridgehead atoms. The number of aryl methyl sites for hydroxylation is 1. The van der Waals surface area contributed by atoms with Gasteiger partial charge in [-0.15, -0.1) is 0 Å². The van der Waals surface area contributed by atoms with Crippen molar-refractivity contribution in [2.75, 3.05) is 7.11 Å². The molecular weight excluding hydrogens is 292 g/mol. The highest BCUT2D eigenvalue weighted by molar-refractivity contribution is 5.97. The van der Waals surface area contributed by atoms with E-state index in [-0.39, 0.29) is 12.2 Å². The highest BCUT2D eigenvalue weighted by Gasteiger charge is 2.11. The molecule has 0 N–H and O–H groups in total. The third-order valence-electron chi connectivity index (χ3n) is 3.10. The van der Waals surface area contributed by atoms with Gasteiger partial charge < -0.3 is 9.47 Å². The smallest absolute Gasteiger partial charge is 0.349 e. The first-order valence-corrected chi connectivity index (χ1v) is 6.97. The molecule has 0 spiro atoms. The minimum Gasteiger partial charge on any atom is -0.497 e. The van der Waals surface area contributed by atoms with Crippen LogP contribution in [0, 0.1) is 18.3 Å². The van der Waals surface area contributed by atoms with Crippen LogP contribution in [0.15, 0.2) is 48.2 Å². The normalized spacial score (nSPS) is 10.7. The van der Waals surface area contributed by atoms with Gasteiger partial charge in [0.15, 0.2) is 0 Å². The van der Waals surface area contributed by atoms with E-state index in [4.69, 9.17) is 14.7 Å². The predicted octanol–water partition coefficient (Wildman–Crippen LogP) is 3.05. The number of carbonyl (C=O) groups excluding carboxylic acids is 1. The maximum Gasteiger partial charge on any atom is 0.349 e. The molecule has 1 aromatic heterocycles. The summed E-state index contributed by atoms with van der Waals surface area (Å²) < 4.78 is 10.2. The maximum atomic E-state index is 12.0. The van der Waals surface area contributed by atoms with Gasteiger partial charge in [0.1, 0.15) is 24.0 Å². The fourth-order valence-electron chi connectivity index (χ4n) is 1.85. The van der Waals surface area contributed by atoms with Crippen molar-refractivity contribution in [3.8, 4) is 11.8 Å². The molecule has 0 aliphatic carbocycles. The summed E-state index contributed by atoms with van der Waals surface area (Å²) in [6.45, 7) is 1.94. The standard InChI is InChI=1S/C18H16N2O3/c1-13-3-5-14(6-4-13)9-15(11-19)18(21)23-12-16-10-17(22-2)7-8-20-16/h3-10H,12H2,1-2H3/b15-9-. The van der Waals surface area contributed by atoms with Crippen molar-refractivity contribution < 1.29 is 14.3 Å². The van der Waals surface area contributed by atoms with E-state index in [9.17, 15) is 4.79 Å². The van der Waals surface area contributed by atoms with Gasteiger partial charge in [-0.05, 0) is 24.6 Å². The Morgan fingerprint density at radius 1 is 1.30 bits per heavy atom. The molecule has 0 amide bonds. The lowest BCUT2D eigenvalue weighted by Crippen LogP contribution is -2.07. The molecule has 1 heterocycles. The summed E-state index contributed by atoms with van der Waals surface area (Å²) >= 11 is 0. The Morgan fingerprint density at radius 3 is 2.70 bits per heavy atom. The first kappa shape index (κ1) is 16.2. The van der Waals surface area contributed by atoms with Crippen molar-refractivity contribution in [1.82, 2.24) is 4.98 Å². The van der Waals surface area contributed by atoms with Crippen LogP contribution in [0.5, 0.6) is 5.75 Å². The monoisotopic (exact) mass is 308 g/mol. The second-order valence-electron chi connectivity index (χ2n) is 4.84. The summed E-state index contributed by atoms with van der Waals surface area (Å²) in [4.78, 5) is 16.1. The molecule has 116 valence electrons. The van der Waals surface area contributed by atoms with Gasteiger partial charge in [0, 0.05) is 12.3 Å². The van der Waals surface area contributed by atoms with Gasteiger partial charge in [-0.25, -0.2) is 4.79 Å². The number of esters is 1. The van der Waals surface area contributed by atoms with E-state index >= 15 is 0 Å². The molecule has 0 atom stereocenters. The number of nitriles is 1. The van der Waals surface area contributed by atoms with Crippen molar-refractivity contribution >= 4 is 12.0 Å². The molecular formula is C18H16N2O3. The number of carbonyl (C=O) groups is 1. The summed E-state index contributed by atoms with van der Waals surface area (Å²) in [5.74, 6) is -0.0561. The largest absolute Gasteiger partial charge is 0.497 e. The van der Waals surface area contributed by atoms with Gasteiger partial charge in [0.05, 0.1) is 12.8 Å². The molecule has 0 fully saturated rings. The maximum absolute atomic E-state index is 12.0. The Balaban J connectivity index is 2.05. The Morgan fingerprint density at radius 2 is 2.04 bits per heavy atom. The number of aromatic nitrogens is 1. The minimum absolute atomic E-state index is 0.0249. The van der Waals surface area contributed by atoms with E-state index in [1.54, 1.807) is 25.4 Å². The van der Waals surface area contributed by atoms with E-state index in [2.05, 4.69) is 4.98 Å². The zero-order valence-electron chi connectivity index (χ0n) is 12.9. The van der Waals surface area contributed by atoms with Crippen LogP contribution in [0.25, 0.3) is 6.08 Å². The minimum atomic E-state index is -0.683. The fraction of sp³-hybridized carbons (Fsp3) is 0.167. The number of hydrogen-bond acceptors (Lipinski definition) is 5. The van der Waals surface area contributed by atoms with Gasteiger partial charge in [0.25, 0.3) is 0 Å².